The average molecular weight is 463 g/mol. The number of para-hydroxylation sites is 1. The molecule has 1 heterocycles. The highest BCUT2D eigenvalue weighted by atomic mass is 35.5. The molecule has 0 unspecified atom stereocenters. The summed E-state index contributed by atoms with van der Waals surface area (Å²) in [4.78, 5) is 16.1. The zero-order valence-electron chi connectivity index (χ0n) is 17.2. The Kier molecular flexibility index (Phi) is 6.55. The summed E-state index contributed by atoms with van der Waals surface area (Å²) < 4.78 is 45.8. The minimum Gasteiger partial charge on any atom is -0.490 e. The Bertz CT molecular complexity index is 1090. The number of carbonyl (C=O) groups excluding carboxylic acids is 1. The third kappa shape index (κ3) is 5.51. The van der Waals surface area contributed by atoms with Crippen LogP contribution in [0.15, 0.2) is 54.6 Å². The van der Waals surface area contributed by atoms with Crippen LogP contribution in [0.1, 0.15) is 37.8 Å². The minimum absolute atomic E-state index is 0.0633. The lowest BCUT2D eigenvalue weighted by Gasteiger charge is -2.29. The summed E-state index contributed by atoms with van der Waals surface area (Å²) in [5.74, 6) is 0.348. The first-order chi connectivity index (χ1) is 15.3. The van der Waals surface area contributed by atoms with Crippen LogP contribution in [0, 0.1) is 5.92 Å². The lowest BCUT2D eigenvalue weighted by atomic mass is 9.85. The number of ether oxygens (including phenoxy) is 1. The molecule has 4 nitrogen and oxygen atoms in total. The van der Waals surface area contributed by atoms with Crippen molar-refractivity contribution in [1.29, 1.82) is 0 Å². The molecule has 0 radical (unpaired) electrons. The van der Waals surface area contributed by atoms with Crippen LogP contribution in [-0.4, -0.2) is 17.0 Å². The summed E-state index contributed by atoms with van der Waals surface area (Å²) in [5, 5.41) is 4.03. The lowest BCUT2D eigenvalue weighted by molar-refractivity contribution is -0.141. The van der Waals surface area contributed by atoms with Gasteiger partial charge in [-0.2, -0.15) is 13.2 Å². The molecule has 1 N–H and O–H groups in total. The van der Waals surface area contributed by atoms with Crippen LogP contribution >= 0.6 is 11.6 Å². The number of rotatable bonds is 5. The van der Waals surface area contributed by atoms with Crippen LogP contribution in [-0.2, 0) is 11.0 Å². The number of hydrogen-bond donors (Lipinski definition) is 1. The summed E-state index contributed by atoms with van der Waals surface area (Å²) in [6.07, 6.45) is -1.45. The number of benzene rings is 2. The fourth-order valence-electron chi connectivity index (χ4n) is 4.03. The summed E-state index contributed by atoms with van der Waals surface area (Å²) in [6.45, 7) is 0. The maximum absolute atomic E-state index is 13.3. The fourth-order valence-corrected chi connectivity index (χ4v) is 4.15. The normalized spacial score (nSPS) is 19.0. The molecular weight excluding hydrogens is 441 g/mol. The van der Waals surface area contributed by atoms with Crippen LogP contribution in [0.25, 0.3) is 10.9 Å². The highest BCUT2D eigenvalue weighted by Gasteiger charge is 2.34. The molecule has 4 rings (SSSR count). The van der Waals surface area contributed by atoms with E-state index in [0.717, 1.165) is 18.9 Å². The molecule has 32 heavy (non-hydrogen) atoms. The van der Waals surface area contributed by atoms with Gasteiger partial charge >= 0.3 is 6.18 Å². The van der Waals surface area contributed by atoms with E-state index in [1.807, 2.05) is 0 Å². The number of anilines is 1. The number of alkyl halides is 3. The first kappa shape index (κ1) is 22.4. The average Bonchev–Trinajstić information content (AvgIpc) is 2.76. The Hall–Kier alpha value is -2.80. The second-order valence-corrected chi connectivity index (χ2v) is 8.48. The number of carbonyl (C=O) groups is 1. The highest BCUT2D eigenvalue weighted by Crippen LogP contribution is 2.36. The molecule has 0 atom stereocenters. The molecular formula is C24H22ClF3N2O2. The van der Waals surface area contributed by atoms with E-state index in [9.17, 15) is 18.0 Å². The number of halogens is 4. The summed E-state index contributed by atoms with van der Waals surface area (Å²) in [5.41, 5.74) is -0.00917. The standard InChI is InChI=1S/C24H22ClF3N2O2/c25-16-7-9-17(10-8-16)29-23(31)13-15-5-11-18(12-6-15)32-21-14-22(24(26,27)28)30-20-4-2-1-3-19(20)21/h1-4,7-10,14-15,18H,5-6,11-13H2,(H,29,31)/t15-,18-. The largest absolute Gasteiger partial charge is 0.490 e. The summed E-state index contributed by atoms with van der Waals surface area (Å²) in [6, 6.07) is 14.6. The molecule has 1 amide bonds. The Morgan fingerprint density at radius 1 is 1.06 bits per heavy atom. The van der Waals surface area contributed by atoms with E-state index in [4.69, 9.17) is 16.3 Å². The Morgan fingerprint density at radius 2 is 1.75 bits per heavy atom. The van der Waals surface area contributed by atoms with Gasteiger partial charge in [0, 0.05) is 28.6 Å². The van der Waals surface area contributed by atoms with E-state index in [1.54, 1.807) is 48.5 Å². The number of nitrogens with zero attached hydrogens (tertiary/aromatic N) is 1. The number of fused-ring (bicyclic) bond motifs is 1. The van der Waals surface area contributed by atoms with E-state index in [-0.39, 0.29) is 29.2 Å². The van der Waals surface area contributed by atoms with Gasteiger partial charge in [-0.1, -0.05) is 23.7 Å². The SMILES string of the molecule is O=C(C[C@H]1CC[C@H](Oc2cc(C(F)(F)F)nc3ccccc23)CC1)Nc1ccc(Cl)cc1. The third-order valence-electron chi connectivity index (χ3n) is 5.66. The second kappa shape index (κ2) is 9.36. The van der Waals surface area contributed by atoms with Gasteiger partial charge in [-0.15, -0.1) is 0 Å². The van der Waals surface area contributed by atoms with Gasteiger partial charge in [-0.05, 0) is 68.0 Å². The van der Waals surface area contributed by atoms with Gasteiger partial charge in [-0.25, -0.2) is 4.98 Å². The third-order valence-corrected chi connectivity index (χ3v) is 5.91. The molecule has 0 aliphatic heterocycles. The van der Waals surface area contributed by atoms with Gasteiger partial charge in [0.05, 0.1) is 11.6 Å². The zero-order valence-corrected chi connectivity index (χ0v) is 17.9. The van der Waals surface area contributed by atoms with Gasteiger partial charge in [0.1, 0.15) is 11.4 Å². The molecule has 0 spiro atoms. The van der Waals surface area contributed by atoms with Crippen LogP contribution in [0.5, 0.6) is 5.75 Å². The van der Waals surface area contributed by atoms with Crippen molar-refractivity contribution >= 4 is 34.1 Å². The fraction of sp³-hybridized carbons (Fsp3) is 0.333. The van der Waals surface area contributed by atoms with E-state index < -0.39 is 11.9 Å². The van der Waals surface area contributed by atoms with Crippen molar-refractivity contribution in [2.24, 2.45) is 5.92 Å². The van der Waals surface area contributed by atoms with E-state index in [1.165, 1.54) is 0 Å². The van der Waals surface area contributed by atoms with Crippen LogP contribution < -0.4 is 10.1 Å². The molecule has 1 saturated carbocycles. The molecule has 168 valence electrons. The van der Waals surface area contributed by atoms with Crippen LogP contribution in [0.3, 0.4) is 0 Å². The molecule has 2 aromatic carbocycles. The predicted octanol–water partition coefficient (Wildman–Crippen LogP) is 6.87. The van der Waals surface area contributed by atoms with Gasteiger partial charge in [0.15, 0.2) is 0 Å². The maximum atomic E-state index is 13.3. The van der Waals surface area contributed by atoms with Crippen molar-refractivity contribution in [3.63, 3.8) is 0 Å². The minimum atomic E-state index is -4.54. The Balaban J connectivity index is 1.36. The van der Waals surface area contributed by atoms with Crippen LogP contribution in [0.2, 0.25) is 5.02 Å². The van der Waals surface area contributed by atoms with Crippen molar-refractivity contribution in [1.82, 2.24) is 4.98 Å². The molecule has 1 aliphatic carbocycles. The Labute approximate surface area is 188 Å². The molecule has 1 aliphatic rings. The molecule has 1 fully saturated rings. The van der Waals surface area contributed by atoms with Crippen molar-refractivity contribution in [3.05, 3.63) is 65.3 Å². The highest BCUT2D eigenvalue weighted by molar-refractivity contribution is 6.30. The number of nitrogens with one attached hydrogen (secondary N) is 1. The topological polar surface area (TPSA) is 51.2 Å². The molecule has 0 bridgehead atoms. The van der Waals surface area contributed by atoms with Crippen molar-refractivity contribution in [2.45, 2.75) is 44.4 Å². The first-order valence-corrected chi connectivity index (χ1v) is 10.8. The van der Waals surface area contributed by atoms with E-state index in [2.05, 4.69) is 10.3 Å². The van der Waals surface area contributed by atoms with Gasteiger partial charge in [-0.3, -0.25) is 4.79 Å². The smallest absolute Gasteiger partial charge is 0.433 e. The predicted molar refractivity (Wildman–Crippen MR) is 118 cm³/mol. The molecule has 8 heteroatoms. The van der Waals surface area contributed by atoms with Crippen molar-refractivity contribution in [2.75, 3.05) is 5.32 Å². The number of aromatic nitrogens is 1. The zero-order chi connectivity index (χ0) is 22.7. The second-order valence-electron chi connectivity index (χ2n) is 8.04. The molecule has 1 aromatic heterocycles. The quantitative estimate of drug-likeness (QED) is 0.450. The first-order valence-electron chi connectivity index (χ1n) is 10.5. The number of pyridine rings is 1. The summed E-state index contributed by atoms with van der Waals surface area (Å²) in [7, 11) is 0. The summed E-state index contributed by atoms with van der Waals surface area (Å²) >= 11 is 5.85. The number of hydrogen-bond acceptors (Lipinski definition) is 3. The van der Waals surface area contributed by atoms with Gasteiger partial charge in [0.25, 0.3) is 0 Å². The lowest BCUT2D eigenvalue weighted by Crippen LogP contribution is -2.27. The van der Waals surface area contributed by atoms with Crippen molar-refractivity contribution < 1.29 is 22.7 Å². The van der Waals surface area contributed by atoms with Gasteiger partial charge < -0.3 is 10.1 Å². The number of amides is 1. The van der Waals surface area contributed by atoms with E-state index >= 15 is 0 Å². The van der Waals surface area contributed by atoms with Gasteiger partial charge in [0.2, 0.25) is 5.91 Å². The Morgan fingerprint density at radius 3 is 2.44 bits per heavy atom. The van der Waals surface area contributed by atoms with E-state index in [0.29, 0.717) is 35.4 Å². The molecule has 0 saturated heterocycles. The van der Waals surface area contributed by atoms with Crippen LogP contribution in [0.4, 0.5) is 18.9 Å². The maximum Gasteiger partial charge on any atom is 0.433 e. The van der Waals surface area contributed by atoms with Crippen molar-refractivity contribution in [3.8, 4) is 5.75 Å². The monoisotopic (exact) mass is 462 g/mol. The molecule has 3 aromatic rings.